The molecule has 2 aromatic rings. The van der Waals surface area contributed by atoms with Gasteiger partial charge in [-0.2, -0.15) is 0 Å². The van der Waals surface area contributed by atoms with Crippen LogP contribution in [0.1, 0.15) is 28.4 Å². The van der Waals surface area contributed by atoms with Crippen LogP contribution >= 0.6 is 11.6 Å². The fraction of sp³-hybridized carbons (Fsp3) is 0.235. The van der Waals surface area contributed by atoms with Crippen LogP contribution in [-0.2, 0) is 0 Å². The molecule has 23 heavy (non-hydrogen) atoms. The number of amides is 1. The first-order valence-electron chi connectivity index (χ1n) is 7.25. The van der Waals surface area contributed by atoms with E-state index in [4.69, 9.17) is 21.1 Å². The number of rotatable bonds is 5. The minimum absolute atomic E-state index is 0.195. The first-order valence-corrected chi connectivity index (χ1v) is 7.62. The van der Waals surface area contributed by atoms with Gasteiger partial charge in [-0.15, -0.1) is 0 Å². The quantitative estimate of drug-likeness (QED) is 0.882. The normalized spacial score (nSPS) is 13.7. The highest BCUT2D eigenvalue weighted by atomic mass is 35.5. The Bertz CT molecular complexity index is 702. The summed E-state index contributed by atoms with van der Waals surface area (Å²) in [5.74, 6) is 1.11. The van der Waals surface area contributed by atoms with E-state index in [0.717, 1.165) is 5.56 Å². The number of aliphatic hydroxyl groups excluding tert-OH is 1. The van der Waals surface area contributed by atoms with Crippen LogP contribution in [0.4, 0.5) is 0 Å². The van der Waals surface area contributed by atoms with Gasteiger partial charge in [0.25, 0.3) is 5.91 Å². The lowest BCUT2D eigenvalue weighted by atomic mass is 10.1. The molecule has 1 aliphatic rings. The van der Waals surface area contributed by atoms with E-state index in [1.165, 1.54) is 0 Å². The maximum atomic E-state index is 12.0. The van der Waals surface area contributed by atoms with Crippen molar-refractivity contribution in [2.24, 2.45) is 0 Å². The standard InChI is InChI=1S/C17H16ClNO4/c18-13-4-1-11(2-5-13)17(21)19-8-7-14(20)12-3-6-15-16(9-12)23-10-22-15/h1-6,9,14,20H,7-8,10H2,(H,19,21). The second-order valence-electron chi connectivity index (χ2n) is 5.18. The second-order valence-corrected chi connectivity index (χ2v) is 5.62. The molecule has 1 unspecified atom stereocenters. The van der Waals surface area contributed by atoms with E-state index in [-0.39, 0.29) is 12.7 Å². The lowest BCUT2D eigenvalue weighted by molar-refractivity contribution is 0.0942. The van der Waals surface area contributed by atoms with Crippen molar-refractivity contribution in [3.8, 4) is 11.5 Å². The van der Waals surface area contributed by atoms with Crippen molar-refractivity contribution in [2.45, 2.75) is 12.5 Å². The van der Waals surface area contributed by atoms with Crippen molar-refractivity contribution in [3.63, 3.8) is 0 Å². The average Bonchev–Trinajstić information content (AvgIpc) is 3.02. The molecular formula is C17H16ClNO4. The summed E-state index contributed by atoms with van der Waals surface area (Å²) >= 11 is 5.79. The van der Waals surface area contributed by atoms with Gasteiger partial charge in [0.05, 0.1) is 6.10 Å². The maximum absolute atomic E-state index is 12.0. The molecule has 2 N–H and O–H groups in total. The molecule has 0 spiro atoms. The van der Waals surface area contributed by atoms with E-state index in [0.29, 0.717) is 35.1 Å². The van der Waals surface area contributed by atoms with Crippen molar-refractivity contribution < 1.29 is 19.4 Å². The van der Waals surface area contributed by atoms with Crippen LogP contribution < -0.4 is 14.8 Å². The van der Waals surface area contributed by atoms with E-state index in [2.05, 4.69) is 5.32 Å². The Morgan fingerprint density at radius 1 is 1.17 bits per heavy atom. The molecule has 0 aliphatic carbocycles. The van der Waals surface area contributed by atoms with Crippen molar-refractivity contribution in [1.29, 1.82) is 0 Å². The van der Waals surface area contributed by atoms with Crippen molar-refractivity contribution in [3.05, 3.63) is 58.6 Å². The van der Waals surface area contributed by atoms with Gasteiger partial charge in [-0.25, -0.2) is 0 Å². The Morgan fingerprint density at radius 2 is 1.91 bits per heavy atom. The number of ether oxygens (including phenoxy) is 2. The molecule has 5 nitrogen and oxygen atoms in total. The Balaban J connectivity index is 1.52. The van der Waals surface area contributed by atoms with E-state index >= 15 is 0 Å². The molecule has 0 saturated heterocycles. The Hall–Kier alpha value is -2.24. The number of aliphatic hydroxyl groups is 1. The lowest BCUT2D eigenvalue weighted by Crippen LogP contribution is -2.25. The Morgan fingerprint density at radius 3 is 2.70 bits per heavy atom. The van der Waals surface area contributed by atoms with Gasteiger partial charge < -0.3 is 19.9 Å². The minimum Gasteiger partial charge on any atom is -0.454 e. The molecule has 3 rings (SSSR count). The van der Waals surface area contributed by atoms with Crippen LogP contribution in [0.2, 0.25) is 5.02 Å². The van der Waals surface area contributed by atoms with Gasteiger partial charge >= 0.3 is 0 Å². The Labute approximate surface area is 138 Å². The van der Waals surface area contributed by atoms with Crippen LogP contribution in [0.25, 0.3) is 0 Å². The van der Waals surface area contributed by atoms with Crippen molar-refractivity contribution in [2.75, 3.05) is 13.3 Å². The molecular weight excluding hydrogens is 318 g/mol. The number of fused-ring (bicyclic) bond motifs is 1. The van der Waals surface area contributed by atoms with E-state index in [1.807, 2.05) is 0 Å². The molecule has 1 aliphatic heterocycles. The number of carbonyl (C=O) groups excluding carboxylic acids is 1. The Kier molecular flexibility index (Phi) is 4.69. The van der Waals surface area contributed by atoms with Gasteiger partial charge in [0, 0.05) is 17.1 Å². The van der Waals surface area contributed by atoms with Crippen molar-refractivity contribution in [1.82, 2.24) is 5.32 Å². The lowest BCUT2D eigenvalue weighted by Gasteiger charge is -2.12. The summed E-state index contributed by atoms with van der Waals surface area (Å²) in [6.07, 6.45) is -0.283. The number of halogens is 1. The van der Waals surface area contributed by atoms with E-state index in [9.17, 15) is 9.90 Å². The summed E-state index contributed by atoms with van der Waals surface area (Å²) in [7, 11) is 0. The second kappa shape index (κ2) is 6.89. The third kappa shape index (κ3) is 3.75. The van der Waals surface area contributed by atoms with Gasteiger partial charge in [-0.1, -0.05) is 17.7 Å². The topological polar surface area (TPSA) is 67.8 Å². The molecule has 0 fully saturated rings. The average molecular weight is 334 g/mol. The van der Waals surface area contributed by atoms with Gasteiger partial charge in [0.15, 0.2) is 11.5 Å². The maximum Gasteiger partial charge on any atom is 0.251 e. The molecule has 120 valence electrons. The van der Waals surface area contributed by atoms with Crippen LogP contribution in [-0.4, -0.2) is 24.4 Å². The molecule has 2 aromatic carbocycles. The van der Waals surface area contributed by atoms with Crippen LogP contribution in [0.15, 0.2) is 42.5 Å². The third-order valence-electron chi connectivity index (χ3n) is 3.59. The molecule has 1 amide bonds. The highest BCUT2D eigenvalue weighted by molar-refractivity contribution is 6.30. The van der Waals surface area contributed by atoms with Crippen LogP contribution in [0, 0.1) is 0 Å². The summed E-state index contributed by atoms with van der Waals surface area (Å²) in [5.41, 5.74) is 1.27. The molecule has 1 atom stereocenters. The highest BCUT2D eigenvalue weighted by Gasteiger charge is 2.16. The fourth-order valence-electron chi connectivity index (χ4n) is 2.31. The van der Waals surface area contributed by atoms with E-state index < -0.39 is 6.10 Å². The molecule has 0 radical (unpaired) electrons. The first kappa shape index (κ1) is 15.6. The monoisotopic (exact) mass is 333 g/mol. The number of benzene rings is 2. The van der Waals surface area contributed by atoms with Crippen LogP contribution in [0.3, 0.4) is 0 Å². The van der Waals surface area contributed by atoms with E-state index in [1.54, 1.807) is 42.5 Å². The highest BCUT2D eigenvalue weighted by Crippen LogP contribution is 2.34. The minimum atomic E-state index is -0.685. The van der Waals surface area contributed by atoms with Gasteiger partial charge in [0.2, 0.25) is 6.79 Å². The first-order chi connectivity index (χ1) is 11.1. The third-order valence-corrected chi connectivity index (χ3v) is 3.84. The zero-order valence-electron chi connectivity index (χ0n) is 12.3. The summed E-state index contributed by atoms with van der Waals surface area (Å²) in [6.45, 7) is 0.559. The molecule has 1 heterocycles. The van der Waals surface area contributed by atoms with Gasteiger partial charge in [-0.3, -0.25) is 4.79 Å². The van der Waals surface area contributed by atoms with Gasteiger partial charge in [-0.05, 0) is 48.4 Å². The summed E-state index contributed by atoms with van der Waals surface area (Å²) in [4.78, 5) is 12.0. The molecule has 0 saturated carbocycles. The molecule has 6 heteroatoms. The molecule has 0 aromatic heterocycles. The summed E-state index contributed by atoms with van der Waals surface area (Å²) < 4.78 is 10.5. The zero-order valence-corrected chi connectivity index (χ0v) is 13.0. The zero-order chi connectivity index (χ0) is 16.2. The summed E-state index contributed by atoms with van der Waals surface area (Å²) in [6, 6.07) is 12.0. The SMILES string of the molecule is O=C(NCCC(O)c1ccc2c(c1)OCO2)c1ccc(Cl)cc1. The number of hydrogen-bond donors (Lipinski definition) is 2. The van der Waals surface area contributed by atoms with Crippen molar-refractivity contribution >= 4 is 17.5 Å². The smallest absolute Gasteiger partial charge is 0.251 e. The summed E-state index contributed by atoms with van der Waals surface area (Å²) in [5, 5.41) is 13.6. The fourth-order valence-corrected chi connectivity index (χ4v) is 2.44. The predicted molar refractivity (Wildman–Crippen MR) is 85.9 cm³/mol. The largest absolute Gasteiger partial charge is 0.454 e. The molecule has 0 bridgehead atoms. The number of carbonyl (C=O) groups is 1. The predicted octanol–water partition coefficient (Wildman–Crippen LogP) is 2.92. The number of nitrogens with one attached hydrogen (secondary N) is 1. The van der Waals surface area contributed by atoms with Crippen LogP contribution in [0.5, 0.6) is 11.5 Å². The number of hydrogen-bond acceptors (Lipinski definition) is 4. The van der Waals surface area contributed by atoms with Gasteiger partial charge in [0.1, 0.15) is 0 Å².